The van der Waals surface area contributed by atoms with Gasteiger partial charge in [0.25, 0.3) is 0 Å². The van der Waals surface area contributed by atoms with E-state index in [4.69, 9.17) is 23.2 Å². The number of sulfonamides is 1. The van der Waals surface area contributed by atoms with Crippen LogP contribution < -0.4 is 5.32 Å². The van der Waals surface area contributed by atoms with Crippen LogP contribution in [0.15, 0.2) is 41.4 Å². The van der Waals surface area contributed by atoms with Crippen LogP contribution >= 0.6 is 35.0 Å². The van der Waals surface area contributed by atoms with Crippen LogP contribution in [-0.4, -0.2) is 53.4 Å². The normalized spacial score (nSPS) is 15.1. The first-order chi connectivity index (χ1) is 15.2. The van der Waals surface area contributed by atoms with Crippen molar-refractivity contribution in [2.45, 2.75) is 11.8 Å². The fourth-order valence-electron chi connectivity index (χ4n) is 3.49. The van der Waals surface area contributed by atoms with Crippen molar-refractivity contribution < 1.29 is 18.3 Å². The van der Waals surface area contributed by atoms with E-state index in [-0.39, 0.29) is 21.8 Å². The van der Waals surface area contributed by atoms with Gasteiger partial charge in [0.2, 0.25) is 10.0 Å². The molecule has 2 N–H and O–H groups in total. The molecule has 0 radical (unpaired) electrons. The van der Waals surface area contributed by atoms with E-state index in [1.165, 1.54) is 16.6 Å². The van der Waals surface area contributed by atoms with Crippen LogP contribution in [0.4, 0.5) is 11.4 Å². The molecule has 2 aromatic carbocycles. The van der Waals surface area contributed by atoms with Crippen molar-refractivity contribution in [2.24, 2.45) is 0 Å². The first kappa shape index (κ1) is 23.1. The van der Waals surface area contributed by atoms with E-state index in [2.05, 4.69) is 10.3 Å². The highest BCUT2D eigenvalue weighted by atomic mass is 35.5. The molecule has 3 aromatic rings. The first-order valence-corrected chi connectivity index (χ1v) is 13.0. The average Bonchev–Trinajstić information content (AvgIpc) is 2.76. The lowest BCUT2D eigenvalue weighted by atomic mass is 10.1. The maximum Gasteiger partial charge on any atom is 0.337 e. The molecule has 0 bridgehead atoms. The second-order valence-corrected chi connectivity index (χ2v) is 11.2. The second kappa shape index (κ2) is 9.07. The van der Waals surface area contributed by atoms with Crippen LogP contribution in [0, 0.1) is 6.92 Å². The molecule has 1 fully saturated rings. The third-order valence-electron chi connectivity index (χ3n) is 5.17. The van der Waals surface area contributed by atoms with Gasteiger partial charge in [0, 0.05) is 46.2 Å². The van der Waals surface area contributed by atoms with Gasteiger partial charge < -0.3 is 10.4 Å². The number of thioether (sulfide) groups is 1. The monoisotopic (exact) mass is 511 g/mol. The Bertz CT molecular complexity index is 1330. The SMILES string of the molecule is Cc1cc(Nc2c(S(=O)(=O)N3CCSCC3)cnc3ccc(Cl)cc23)c(C(=O)O)cc1Cl. The number of fused-ring (bicyclic) bond motifs is 1. The molecule has 11 heteroatoms. The third-order valence-corrected chi connectivity index (χ3v) is 8.67. The topological polar surface area (TPSA) is 99.6 Å². The van der Waals surface area contributed by atoms with Gasteiger partial charge in [-0.2, -0.15) is 16.1 Å². The van der Waals surface area contributed by atoms with E-state index in [0.29, 0.717) is 51.1 Å². The second-order valence-electron chi connectivity index (χ2n) is 7.25. The van der Waals surface area contributed by atoms with Crippen molar-refractivity contribution in [3.8, 4) is 0 Å². The van der Waals surface area contributed by atoms with Crippen molar-refractivity contribution in [1.82, 2.24) is 9.29 Å². The van der Waals surface area contributed by atoms with Crippen LogP contribution in [0.5, 0.6) is 0 Å². The summed E-state index contributed by atoms with van der Waals surface area (Å²) in [6.07, 6.45) is 1.30. The van der Waals surface area contributed by atoms with Crippen molar-refractivity contribution in [1.29, 1.82) is 0 Å². The van der Waals surface area contributed by atoms with Gasteiger partial charge in [-0.3, -0.25) is 4.98 Å². The molecule has 1 aromatic heterocycles. The number of nitrogens with zero attached hydrogens (tertiary/aromatic N) is 2. The minimum Gasteiger partial charge on any atom is -0.478 e. The summed E-state index contributed by atoms with van der Waals surface area (Å²) in [7, 11) is -3.89. The number of halogens is 2. The lowest BCUT2D eigenvalue weighted by Crippen LogP contribution is -2.38. The third kappa shape index (κ3) is 4.40. The first-order valence-electron chi connectivity index (χ1n) is 9.65. The molecule has 4 rings (SSSR count). The molecule has 0 saturated carbocycles. The van der Waals surface area contributed by atoms with E-state index >= 15 is 0 Å². The number of anilines is 2. The number of aromatic carboxylic acids is 1. The molecule has 1 aliphatic rings. The highest BCUT2D eigenvalue weighted by Crippen LogP contribution is 2.37. The van der Waals surface area contributed by atoms with Gasteiger partial charge in [0.15, 0.2) is 0 Å². The largest absolute Gasteiger partial charge is 0.478 e. The Morgan fingerprint density at radius 2 is 1.91 bits per heavy atom. The number of pyridine rings is 1. The minimum absolute atomic E-state index is 0.0388. The van der Waals surface area contributed by atoms with E-state index < -0.39 is 16.0 Å². The number of carboxylic acid groups (broad SMARTS) is 1. The van der Waals surface area contributed by atoms with Crippen molar-refractivity contribution in [3.05, 3.63) is 57.7 Å². The smallest absolute Gasteiger partial charge is 0.337 e. The summed E-state index contributed by atoms with van der Waals surface area (Å²) in [5.41, 5.74) is 1.53. The predicted molar refractivity (Wildman–Crippen MR) is 129 cm³/mol. The Morgan fingerprint density at radius 1 is 1.19 bits per heavy atom. The molecule has 7 nitrogen and oxygen atoms in total. The summed E-state index contributed by atoms with van der Waals surface area (Å²) < 4.78 is 28.5. The summed E-state index contributed by atoms with van der Waals surface area (Å²) in [5, 5.41) is 13.9. The fraction of sp³-hybridized carbons (Fsp3) is 0.238. The molecule has 0 spiro atoms. The highest BCUT2D eigenvalue weighted by molar-refractivity contribution is 7.99. The molecule has 1 aliphatic heterocycles. The summed E-state index contributed by atoms with van der Waals surface area (Å²) >= 11 is 14.0. The molecule has 0 atom stereocenters. The van der Waals surface area contributed by atoms with Crippen LogP contribution in [-0.2, 0) is 10.0 Å². The van der Waals surface area contributed by atoms with Crippen molar-refractivity contribution in [2.75, 3.05) is 29.9 Å². The summed E-state index contributed by atoms with van der Waals surface area (Å²) in [6.45, 7) is 2.52. The quantitative estimate of drug-likeness (QED) is 0.495. The lowest BCUT2D eigenvalue weighted by Gasteiger charge is -2.27. The van der Waals surface area contributed by atoms with Gasteiger partial charge >= 0.3 is 5.97 Å². The summed E-state index contributed by atoms with van der Waals surface area (Å²) in [6, 6.07) is 7.87. The number of carboxylic acids is 1. The summed E-state index contributed by atoms with van der Waals surface area (Å²) in [5.74, 6) is 0.214. The fourth-order valence-corrected chi connectivity index (χ4v) is 6.51. The number of benzene rings is 2. The highest BCUT2D eigenvalue weighted by Gasteiger charge is 2.30. The van der Waals surface area contributed by atoms with Gasteiger partial charge in [-0.05, 0) is 42.8 Å². The molecule has 0 amide bonds. The number of nitrogens with one attached hydrogen (secondary N) is 1. The van der Waals surface area contributed by atoms with Crippen LogP contribution in [0.3, 0.4) is 0 Å². The van der Waals surface area contributed by atoms with Gasteiger partial charge in [-0.15, -0.1) is 0 Å². The van der Waals surface area contributed by atoms with E-state index in [1.807, 2.05) is 0 Å². The number of hydrogen-bond donors (Lipinski definition) is 2. The zero-order valence-electron chi connectivity index (χ0n) is 16.9. The minimum atomic E-state index is -3.89. The summed E-state index contributed by atoms with van der Waals surface area (Å²) in [4.78, 5) is 16.2. The lowest BCUT2D eigenvalue weighted by molar-refractivity contribution is 0.0698. The Hall–Kier alpha value is -2.04. The number of aryl methyl sites for hydroxylation is 1. The van der Waals surface area contributed by atoms with Crippen LogP contribution in [0.1, 0.15) is 15.9 Å². The maximum atomic E-state index is 13.5. The average molecular weight is 512 g/mol. The standard InChI is InChI=1S/C21H19Cl2N3O4S2/c1-12-8-18(15(21(27)28)10-16(12)23)25-20-14-9-13(22)2-3-17(14)24-11-19(20)32(29,30)26-4-6-31-7-5-26/h2-3,8-11H,4-7H2,1H3,(H,24,25)(H,27,28). The number of carbonyl (C=O) groups is 1. The Morgan fingerprint density at radius 3 is 2.59 bits per heavy atom. The molecule has 32 heavy (non-hydrogen) atoms. The molecular formula is C21H19Cl2N3O4S2. The molecule has 0 aliphatic carbocycles. The molecule has 168 valence electrons. The maximum absolute atomic E-state index is 13.5. The van der Waals surface area contributed by atoms with Gasteiger partial charge in [0.1, 0.15) is 4.90 Å². The van der Waals surface area contributed by atoms with Gasteiger partial charge in [-0.1, -0.05) is 23.2 Å². The van der Waals surface area contributed by atoms with E-state index in [9.17, 15) is 18.3 Å². The number of hydrogen-bond acceptors (Lipinski definition) is 6. The Labute approximate surface area is 199 Å². The Kier molecular flexibility index (Phi) is 6.56. The van der Waals surface area contributed by atoms with Crippen molar-refractivity contribution >= 4 is 73.2 Å². The van der Waals surface area contributed by atoms with E-state index in [1.54, 1.807) is 43.0 Å². The molecular weight excluding hydrogens is 493 g/mol. The number of aromatic nitrogens is 1. The molecule has 1 saturated heterocycles. The van der Waals surface area contributed by atoms with E-state index in [0.717, 1.165) is 0 Å². The number of rotatable bonds is 5. The van der Waals surface area contributed by atoms with Crippen molar-refractivity contribution in [3.63, 3.8) is 0 Å². The van der Waals surface area contributed by atoms with Gasteiger partial charge in [-0.25, -0.2) is 13.2 Å². The van der Waals surface area contributed by atoms with Crippen LogP contribution in [0.25, 0.3) is 10.9 Å². The molecule has 2 heterocycles. The Balaban J connectivity index is 1.95. The predicted octanol–water partition coefficient (Wildman–Crippen LogP) is 5.03. The van der Waals surface area contributed by atoms with Gasteiger partial charge in [0.05, 0.1) is 22.5 Å². The zero-order valence-corrected chi connectivity index (χ0v) is 20.1. The van der Waals surface area contributed by atoms with Crippen LogP contribution in [0.2, 0.25) is 10.0 Å². The molecule has 0 unspecified atom stereocenters. The zero-order chi connectivity index (χ0) is 23.0.